The van der Waals surface area contributed by atoms with E-state index < -0.39 is 5.92 Å². The summed E-state index contributed by atoms with van der Waals surface area (Å²) >= 11 is 0. The Morgan fingerprint density at radius 2 is 1.78 bits per heavy atom. The maximum Gasteiger partial charge on any atom is 0.250 e. The number of halogens is 2. The van der Waals surface area contributed by atoms with Crippen LogP contribution in [0.2, 0.25) is 0 Å². The van der Waals surface area contributed by atoms with Crippen molar-refractivity contribution in [2.75, 3.05) is 26.3 Å². The van der Waals surface area contributed by atoms with Crippen molar-refractivity contribution in [3.8, 4) is 5.75 Å². The molecule has 0 amide bonds. The molecule has 2 rings (SSSR count). The van der Waals surface area contributed by atoms with Crippen LogP contribution < -0.4 is 5.32 Å². The van der Waals surface area contributed by atoms with Crippen molar-refractivity contribution in [3.63, 3.8) is 0 Å². The van der Waals surface area contributed by atoms with Crippen molar-refractivity contribution >= 4 is 0 Å². The third kappa shape index (κ3) is 10.1. The highest BCUT2D eigenvalue weighted by Gasteiger charge is 2.27. The molecule has 0 radical (unpaired) electrons. The summed E-state index contributed by atoms with van der Waals surface area (Å²) in [7, 11) is 0. The quantitative estimate of drug-likeness (QED) is 0.299. The van der Waals surface area contributed by atoms with Gasteiger partial charge in [0.05, 0.1) is 13.2 Å². The van der Waals surface area contributed by atoms with Gasteiger partial charge in [0.2, 0.25) is 5.92 Å². The molecule has 178 valence electrons. The van der Waals surface area contributed by atoms with Crippen LogP contribution in [0.3, 0.4) is 0 Å². The molecule has 0 saturated heterocycles. The van der Waals surface area contributed by atoms with E-state index in [0.717, 1.165) is 24.8 Å². The lowest BCUT2D eigenvalue weighted by atomic mass is 9.98. The van der Waals surface area contributed by atoms with Crippen molar-refractivity contribution in [3.05, 3.63) is 65.2 Å². The molecule has 0 aliphatic carbocycles. The van der Waals surface area contributed by atoms with Crippen LogP contribution in [0.25, 0.3) is 0 Å². The zero-order valence-corrected chi connectivity index (χ0v) is 19.0. The number of ether oxygens (including phenoxy) is 1. The Kier molecular flexibility index (Phi) is 11.6. The number of alkyl halides is 2. The van der Waals surface area contributed by atoms with E-state index in [1.54, 1.807) is 12.1 Å². The molecule has 4 nitrogen and oxygen atoms in total. The first-order valence-corrected chi connectivity index (χ1v) is 11.5. The van der Waals surface area contributed by atoms with Crippen LogP contribution in [-0.4, -0.2) is 42.4 Å². The maximum absolute atomic E-state index is 14.0. The van der Waals surface area contributed by atoms with Crippen LogP contribution in [0.5, 0.6) is 5.75 Å². The van der Waals surface area contributed by atoms with Gasteiger partial charge in [0.25, 0.3) is 0 Å². The van der Waals surface area contributed by atoms with Gasteiger partial charge in [0.15, 0.2) is 0 Å². The third-order valence-corrected chi connectivity index (χ3v) is 5.65. The summed E-state index contributed by atoms with van der Waals surface area (Å²) in [6, 6.07) is 15.4. The summed E-state index contributed by atoms with van der Waals surface area (Å²) in [4.78, 5) is 0. The molecular weight excluding hydrogens is 412 g/mol. The van der Waals surface area contributed by atoms with E-state index in [9.17, 15) is 19.0 Å². The summed E-state index contributed by atoms with van der Waals surface area (Å²) in [5.41, 5.74) is 2.78. The standard InChI is InChI=1S/C26H37F2NO3/c1-21(23-11-12-25(31)24(18-23)20-30)19-29-15-7-13-26(27,28)14-17-32-16-6-5-10-22-8-3-2-4-9-22/h2-4,8-9,11-12,18,21,29-31H,5-7,10,13-17,19-20H2,1H3. The molecule has 0 heterocycles. The van der Waals surface area contributed by atoms with Gasteiger partial charge >= 0.3 is 0 Å². The van der Waals surface area contributed by atoms with E-state index in [0.29, 0.717) is 31.7 Å². The lowest BCUT2D eigenvalue weighted by molar-refractivity contribution is -0.0412. The summed E-state index contributed by atoms with van der Waals surface area (Å²) in [5.74, 6) is -2.48. The minimum Gasteiger partial charge on any atom is -0.508 e. The first kappa shape index (κ1) is 26.2. The van der Waals surface area contributed by atoms with Gasteiger partial charge in [0, 0.05) is 31.6 Å². The molecule has 0 fully saturated rings. The van der Waals surface area contributed by atoms with Crippen LogP contribution in [0, 0.1) is 0 Å². The number of nitrogens with one attached hydrogen (secondary N) is 1. The van der Waals surface area contributed by atoms with Gasteiger partial charge in [-0.15, -0.1) is 0 Å². The number of benzene rings is 2. The first-order chi connectivity index (χ1) is 15.4. The molecule has 0 aliphatic heterocycles. The molecule has 0 aromatic heterocycles. The molecule has 2 aromatic carbocycles. The number of rotatable bonds is 16. The predicted molar refractivity (Wildman–Crippen MR) is 124 cm³/mol. The Hall–Kier alpha value is -2.02. The van der Waals surface area contributed by atoms with Gasteiger partial charge in [-0.05, 0) is 61.4 Å². The van der Waals surface area contributed by atoms with Crippen molar-refractivity contribution in [2.24, 2.45) is 0 Å². The monoisotopic (exact) mass is 449 g/mol. The van der Waals surface area contributed by atoms with E-state index in [1.165, 1.54) is 5.56 Å². The van der Waals surface area contributed by atoms with E-state index >= 15 is 0 Å². The minimum absolute atomic E-state index is 0.0785. The number of unbranched alkanes of at least 4 members (excludes halogenated alkanes) is 1. The molecule has 0 aliphatic rings. The molecule has 0 saturated carbocycles. The van der Waals surface area contributed by atoms with Gasteiger partial charge in [0.1, 0.15) is 5.75 Å². The van der Waals surface area contributed by atoms with Crippen LogP contribution in [0.15, 0.2) is 48.5 Å². The fourth-order valence-corrected chi connectivity index (χ4v) is 3.57. The summed E-state index contributed by atoms with van der Waals surface area (Å²) in [5, 5.41) is 22.1. The molecule has 3 N–H and O–H groups in total. The molecule has 1 unspecified atom stereocenters. The average Bonchev–Trinajstić information content (AvgIpc) is 2.79. The average molecular weight is 450 g/mol. The molecule has 1 atom stereocenters. The zero-order chi connectivity index (χ0) is 23.2. The van der Waals surface area contributed by atoms with Gasteiger partial charge in [-0.2, -0.15) is 0 Å². The van der Waals surface area contributed by atoms with Gasteiger partial charge < -0.3 is 20.3 Å². The second kappa shape index (κ2) is 14.2. The highest BCUT2D eigenvalue weighted by Crippen LogP contribution is 2.25. The van der Waals surface area contributed by atoms with Gasteiger partial charge in [-0.1, -0.05) is 43.3 Å². The Bertz CT molecular complexity index is 771. The fourth-order valence-electron chi connectivity index (χ4n) is 3.57. The largest absolute Gasteiger partial charge is 0.508 e. The number of aryl methyl sites for hydroxylation is 1. The minimum atomic E-state index is -2.70. The Labute approximate surface area is 190 Å². The summed E-state index contributed by atoms with van der Waals surface area (Å²) < 4.78 is 33.5. The smallest absolute Gasteiger partial charge is 0.250 e. The summed E-state index contributed by atoms with van der Waals surface area (Å²) in [6.07, 6.45) is 2.87. The molecule has 32 heavy (non-hydrogen) atoms. The van der Waals surface area contributed by atoms with E-state index in [1.807, 2.05) is 31.2 Å². The highest BCUT2D eigenvalue weighted by molar-refractivity contribution is 5.37. The second-order valence-electron chi connectivity index (χ2n) is 8.42. The number of aliphatic hydroxyl groups is 1. The van der Waals surface area contributed by atoms with Crippen molar-refractivity contribution < 1.29 is 23.7 Å². The normalized spacial score (nSPS) is 12.8. The Balaban J connectivity index is 1.50. The van der Waals surface area contributed by atoms with Crippen LogP contribution in [0.4, 0.5) is 8.78 Å². The van der Waals surface area contributed by atoms with Crippen molar-refractivity contribution in [2.45, 2.75) is 63.9 Å². The third-order valence-electron chi connectivity index (χ3n) is 5.65. The summed E-state index contributed by atoms with van der Waals surface area (Å²) in [6.45, 7) is 3.59. The molecule has 6 heteroatoms. The van der Waals surface area contributed by atoms with Crippen molar-refractivity contribution in [1.82, 2.24) is 5.32 Å². The number of aromatic hydroxyl groups is 1. The lowest BCUT2D eigenvalue weighted by Gasteiger charge is -2.18. The predicted octanol–water partition coefficient (Wildman–Crippen LogP) is 5.42. The molecule has 0 bridgehead atoms. The topological polar surface area (TPSA) is 61.7 Å². The second-order valence-corrected chi connectivity index (χ2v) is 8.42. The van der Waals surface area contributed by atoms with Gasteiger partial charge in [-0.25, -0.2) is 8.78 Å². The Morgan fingerprint density at radius 1 is 1.00 bits per heavy atom. The van der Waals surface area contributed by atoms with Gasteiger partial charge in [-0.3, -0.25) is 0 Å². The van der Waals surface area contributed by atoms with Crippen molar-refractivity contribution in [1.29, 1.82) is 0 Å². The lowest BCUT2D eigenvalue weighted by Crippen LogP contribution is -2.25. The van der Waals surface area contributed by atoms with E-state index in [-0.39, 0.29) is 37.7 Å². The fraction of sp³-hybridized carbons (Fsp3) is 0.538. The highest BCUT2D eigenvalue weighted by atomic mass is 19.3. The van der Waals surface area contributed by atoms with E-state index in [2.05, 4.69) is 17.4 Å². The zero-order valence-electron chi connectivity index (χ0n) is 19.0. The van der Waals surface area contributed by atoms with E-state index in [4.69, 9.17) is 4.74 Å². The maximum atomic E-state index is 14.0. The van der Waals surface area contributed by atoms with Crippen LogP contribution in [-0.2, 0) is 17.8 Å². The molecule has 2 aromatic rings. The SMILES string of the molecule is CC(CNCCCC(F)(F)CCOCCCCc1ccccc1)c1ccc(O)c(CO)c1. The number of hydrogen-bond donors (Lipinski definition) is 3. The van der Waals surface area contributed by atoms with Crippen LogP contribution in [0.1, 0.15) is 61.6 Å². The van der Waals surface area contributed by atoms with Crippen LogP contribution >= 0.6 is 0 Å². The molecular formula is C26H37F2NO3. The Morgan fingerprint density at radius 3 is 2.53 bits per heavy atom. The number of hydrogen-bond acceptors (Lipinski definition) is 4. The molecule has 0 spiro atoms. The number of aliphatic hydroxyl groups excluding tert-OH is 1. The first-order valence-electron chi connectivity index (χ1n) is 11.5. The number of phenols is 1.